The molecule has 0 bridgehead atoms. The van der Waals surface area contributed by atoms with Gasteiger partial charge in [-0.05, 0) is 42.0 Å². The average molecular weight is 461 g/mol. The molecule has 0 saturated carbocycles. The molecule has 3 heterocycles. The number of carbonyl (C=O) groups excluding carboxylic acids is 2. The highest BCUT2D eigenvalue weighted by atomic mass is 31.2. The van der Waals surface area contributed by atoms with Crippen molar-refractivity contribution in [1.29, 1.82) is 0 Å². The van der Waals surface area contributed by atoms with Gasteiger partial charge >= 0.3 is 0 Å². The van der Waals surface area contributed by atoms with Crippen molar-refractivity contribution in [2.45, 2.75) is 18.2 Å². The molecule has 166 valence electrons. The molecular weight excluding hydrogens is 441 g/mol. The van der Waals surface area contributed by atoms with Gasteiger partial charge in [-0.1, -0.05) is 36.4 Å². The lowest BCUT2D eigenvalue weighted by molar-refractivity contribution is -0.121. The topological polar surface area (TPSA) is 85.4 Å². The molecule has 8 heteroatoms. The Morgan fingerprint density at radius 3 is 2.39 bits per heavy atom. The number of hydrogen-bond acceptors (Lipinski definition) is 6. The number of carbonyl (C=O) groups is 2. The number of para-hydroxylation sites is 1. The fraction of sp³-hybridized carbons (Fsp3) is 0.200. The second kappa shape index (κ2) is 7.58. The largest absolute Gasteiger partial charge is 0.491 e. The molecule has 3 unspecified atom stereocenters. The number of benzene rings is 3. The summed E-state index contributed by atoms with van der Waals surface area (Å²) in [6.45, 7) is 1.16. The number of nitrogens with zero attached hydrogens (tertiary/aromatic N) is 1. The van der Waals surface area contributed by atoms with E-state index in [4.69, 9.17) is 14.0 Å². The monoisotopic (exact) mass is 461 g/mol. The van der Waals surface area contributed by atoms with Crippen LogP contribution in [0.15, 0.2) is 72.8 Å². The number of rotatable bonds is 5. The van der Waals surface area contributed by atoms with Crippen LogP contribution in [-0.4, -0.2) is 36.8 Å². The summed E-state index contributed by atoms with van der Waals surface area (Å²) in [5.41, 5.74) is 0.921. The first-order valence-corrected chi connectivity index (χ1v) is 12.4. The van der Waals surface area contributed by atoms with Gasteiger partial charge in [-0.25, -0.2) is 4.90 Å². The molecule has 7 nitrogen and oxygen atoms in total. The van der Waals surface area contributed by atoms with Crippen molar-refractivity contribution in [3.05, 3.63) is 72.8 Å². The summed E-state index contributed by atoms with van der Waals surface area (Å²) in [4.78, 5) is 27.5. The van der Waals surface area contributed by atoms with Crippen molar-refractivity contribution in [3.8, 4) is 22.6 Å². The molecule has 0 N–H and O–H groups in total. The molecule has 3 atom stereocenters. The van der Waals surface area contributed by atoms with Crippen LogP contribution >= 0.6 is 7.37 Å². The van der Waals surface area contributed by atoms with Gasteiger partial charge < -0.3 is 14.0 Å². The third-order valence-electron chi connectivity index (χ3n) is 6.12. The van der Waals surface area contributed by atoms with Gasteiger partial charge in [-0.3, -0.25) is 14.2 Å². The smallest absolute Gasteiger partial charge is 0.290 e. The van der Waals surface area contributed by atoms with E-state index in [0.29, 0.717) is 35.7 Å². The standard InChI is InChI=1S/C25H20NO6P/c27-24-13-23(25(28)26(24)16-9-11-17(12-10-16)30-14-18-15-31-18)33(29)22-8-4-2-6-20(22)19-5-1-3-7-21(19)32-33/h1-12,18,23H,13-15H2. The molecular formula is C25H20NO6P. The highest BCUT2D eigenvalue weighted by molar-refractivity contribution is 7.69. The maximum absolute atomic E-state index is 14.3. The Labute approximate surface area is 190 Å². The zero-order valence-electron chi connectivity index (χ0n) is 17.5. The minimum atomic E-state index is -3.71. The normalized spacial score (nSPS) is 25.3. The predicted molar refractivity (Wildman–Crippen MR) is 122 cm³/mol. The van der Waals surface area contributed by atoms with Gasteiger partial charge in [0.25, 0.3) is 7.37 Å². The Bertz CT molecular complexity index is 1320. The van der Waals surface area contributed by atoms with E-state index in [1.165, 1.54) is 0 Å². The number of ether oxygens (including phenoxy) is 2. The average Bonchev–Trinajstić information content (AvgIpc) is 3.62. The van der Waals surface area contributed by atoms with Crippen molar-refractivity contribution in [1.82, 2.24) is 0 Å². The summed E-state index contributed by atoms with van der Waals surface area (Å²) < 4.78 is 31.1. The zero-order valence-corrected chi connectivity index (χ0v) is 18.4. The van der Waals surface area contributed by atoms with Gasteiger partial charge in [0.15, 0.2) is 0 Å². The van der Waals surface area contributed by atoms with Crippen LogP contribution in [0, 0.1) is 0 Å². The summed E-state index contributed by atoms with van der Waals surface area (Å²) in [5.74, 6) is 0.163. The van der Waals surface area contributed by atoms with Crippen molar-refractivity contribution < 1.29 is 28.2 Å². The number of amides is 2. The first kappa shape index (κ1) is 20.2. The number of fused-ring (bicyclic) bond motifs is 3. The highest BCUT2D eigenvalue weighted by Gasteiger charge is 2.54. The number of hydrogen-bond donors (Lipinski definition) is 0. The molecule has 3 aromatic carbocycles. The summed E-state index contributed by atoms with van der Waals surface area (Å²) in [5, 5.41) is 0.475. The van der Waals surface area contributed by atoms with E-state index in [-0.39, 0.29) is 12.5 Å². The lowest BCUT2D eigenvalue weighted by atomic mass is 10.0. The minimum absolute atomic E-state index is 0.132. The molecule has 2 amide bonds. The van der Waals surface area contributed by atoms with Crippen molar-refractivity contribution in [3.63, 3.8) is 0 Å². The second-order valence-electron chi connectivity index (χ2n) is 8.25. The van der Waals surface area contributed by atoms with Gasteiger partial charge in [-0.2, -0.15) is 0 Å². The molecule has 33 heavy (non-hydrogen) atoms. The SMILES string of the molecule is O=C1CC(P2(=O)Oc3ccccc3-c3ccccc32)C(=O)N1c1ccc(OCC2CO2)cc1. The zero-order chi connectivity index (χ0) is 22.6. The fourth-order valence-corrected chi connectivity index (χ4v) is 7.01. The molecule has 3 aromatic rings. The number of anilines is 1. The third-order valence-corrected chi connectivity index (χ3v) is 8.87. The summed E-state index contributed by atoms with van der Waals surface area (Å²) in [7, 11) is -3.71. The van der Waals surface area contributed by atoms with Crippen LogP contribution in [0.2, 0.25) is 0 Å². The Kier molecular flexibility index (Phi) is 4.64. The Morgan fingerprint density at radius 2 is 1.64 bits per heavy atom. The Hall–Kier alpha value is -3.41. The van der Waals surface area contributed by atoms with Gasteiger partial charge in [0.1, 0.15) is 29.9 Å². The van der Waals surface area contributed by atoms with E-state index in [9.17, 15) is 14.2 Å². The molecule has 0 radical (unpaired) electrons. The molecule has 6 rings (SSSR count). The van der Waals surface area contributed by atoms with E-state index >= 15 is 0 Å². The first-order valence-electron chi connectivity index (χ1n) is 10.7. The van der Waals surface area contributed by atoms with Crippen LogP contribution in [0.4, 0.5) is 5.69 Å². The van der Waals surface area contributed by atoms with E-state index < -0.39 is 24.8 Å². The molecule has 2 saturated heterocycles. The quantitative estimate of drug-likeness (QED) is 0.327. The minimum Gasteiger partial charge on any atom is -0.491 e. The van der Waals surface area contributed by atoms with Crippen LogP contribution in [0.5, 0.6) is 11.5 Å². The van der Waals surface area contributed by atoms with Gasteiger partial charge in [0, 0.05) is 12.0 Å². The molecule has 3 aliphatic heterocycles. The van der Waals surface area contributed by atoms with Gasteiger partial charge in [0.05, 0.1) is 17.6 Å². The Balaban J connectivity index is 1.32. The second-order valence-corrected chi connectivity index (χ2v) is 10.7. The van der Waals surface area contributed by atoms with Gasteiger partial charge in [-0.15, -0.1) is 0 Å². The molecule has 0 spiro atoms. The van der Waals surface area contributed by atoms with Crippen LogP contribution in [-0.2, 0) is 18.9 Å². The Morgan fingerprint density at radius 1 is 0.939 bits per heavy atom. The molecule has 3 aliphatic rings. The summed E-state index contributed by atoms with van der Waals surface area (Å²) >= 11 is 0. The lowest BCUT2D eigenvalue weighted by Gasteiger charge is -2.31. The van der Waals surface area contributed by atoms with Crippen molar-refractivity contribution in [2.75, 3.05) is 18.1 Å². The van der Waals surface area contributed by atoms with Crippen molar-refractivity contribution >= 4 is 30.2 Å². The summed E-state index contributed by atoms with van der Waals surface area (Å²) in [6, 6.07) is 21.3. The van der Waals surface area contributed by atoms with E-state index in [1.807, 2.05) is 24.3 Å². The maximum atomic E-state index is 14.3. The first-order chi connectivity index (χ1) is 16.0. The fourth-order valence-electron chi connectivity index (χ4n) is 4.37. The van der Waals surface area contributed by atoms with Gasteiger partial charge in [0.2, 0.25) is 11.8 Å². The molecule has 2 fully saturated rings. The van der Waals surface area contributed by atoms with Crippen LogP contribution in [0.1, 0.15) is 6.42 Å². The number of epoxide rings is 1. The highest BCUT2D eigenvalue weighted by Crippen LogP contribution is 2.60. The van der Waals surface area contributed by atoms with Crippen LogP contribution in [0.25, 0.3) is 11.1 Å². The predicted octanol–water partition coefficient (Wildman–Crippen LogP) is 3.76. The van der Waals surface area contributed by atoms with E-state index in [2.05, 4.69) is 0 Å². The third kappa shape index (κ3) is 3.36. The van der Waals surface area contributed by atoms with E-state index in [0.717, 1.165) is 16.0 Å². The maximum Gasteiger partial charge on any atom is 0.290 e. The van der Waals surface area contributed by atoms with Crippen molar-refractivity contribution in [2.24, 2.45) is 0 Å². The molecule has 0 aromatic heterocycles. The molecule has 0 aliphatic carbocycles. The van der Waals surface area contributed by atoms with E-state index in [1.54, 1.807) is 48.5 Å². The van der Waals surface area contributed by atoms with Crippen LogP contribution < -0.4 is 19.5 Å². The number of imide groups is 1. The van der Waals surface area contributed by atoms with Crippen LogP contribution in [0.3, 0.4) is 0 Å². The lowest BCUT2D eigenvalue weighted by Crippen LogP contribution is -2.35. The summed E-state index contributed by atoms with van der Waals surface area (Å²) in [6.07, 6.45) is -0.0444.